The third-order valence-corrected chi connectivity index (χ3v) is 4.07. The van der Waals surface area contributed by atoms with Crippen molar-refractivity contribution in [3.63, 3.8) is 0 Å². The van der Waals surface area contributed by atoms with E-state index in [1.54, 1.807) is 0 Å². The van der Waals surface area contributed by atoms with Crippen molar-refractivity contribution in [3.05, 3.63) is 0 Å². The molecule has 0 N–H and O–H groups in total. The maximum Gasteiger partial charge on any atom is 0.225 e. The Labute approximate surface area is 109 Å². The van der Waals surface area contributed by atoms with E-state index in [0.717, 1.165) is 51.9 Å². The maximum atomic E-state index is 12.2. The Kier molecular flexibility index (Phi) is 4.25. The van der Waals surface area contributed by atoms with Gasteiger partial charge in [0.1, 0.15) is 0 Å². The zero-order chi connectivity index (χ0) is 13.1. The molecule has 2 amide bonds. The number of rotatable bonds is 2. The normalized spacial score (nSPS) is 21.7. The van der Waals surface area contributed by atoms with Gasteiger partial charge in [0.25, 0.3) is 0 Å². The van der Waals surface area contributed by atoms with Crippen molar-refractivity contribution in [1.29, 1.82) is 0 Å². The fourth-order valence-electron chi connectivity index (χ4n) is 2.91. The van der Waals surface area contributed by atoms with Crippen molar-refractivity contribution in [3.8, 4) is 0 Å². The Bertz CT molecular complexity index is 314. The summed E-state index contributed by atoms with van der Waals surface area (Å²) in [6.45, 7) is 7.24. The first-order chi connectivity index (χ1) is 8.59. The molecule has 0 aromatic carbocycles. The lowest BCUT2D eigenvalue weighted by molar-refractivity contribution is -0.141. The molecule has 2 rings (SSSR count). The van der Waals surface area contributed by atoms with Gasteiger partial charge in [-0.05, 0) is 25.7 Å². The van der Waals surface area contributed by atoms with E-state index in [2.05, 4.69) is 0 Å². The molecule has 4 heteroatoms. The summed E-state index contributed by atoms with van der Waals surface area (Å²) in [5.74, 6) is 0.765. The van der Waals surface area contributed by atoms with Crippen LogP contribution >= 0.6 is 0 Å². The summed E-state index contributed by atoms with van der Waals surface area (Å²) >= 11 is 0. The minimum Gasteiger partial charge on any atom is -0.342 e. The maximum absolute atomic E-state index is 12.2. The van der Waals surface area contributed by atoms with Crippen LogP contribution in [0.15, 0.2) is 0 Å². The lowest BCUT2D eigenvalue weighted by Gasteiger charge is -2.34. The Morgan fingerprint density at radius 3 is 2.00 bits per heavy atom. The molecule has 0 spiro atoms. The number of hydrogen-bond donors (Lipinski definition) is 0. The first kappa shape index (κ1) is 13.4. The van der Waals surface area contributed by atoms with E-state index in [1.807, 2.05) is 23.6 Å². The minimum atomic E-state index is 0.0656. The van der Waals surface area contributed by atoms with Crippen LogP contribution in [0.4, 0.5) is 0 Å². The lowest BCUT2D eigenvalue weighted by Crippen LogP contribution is -2.44. The molecule has 0 aliphatic carbocycles. The van der Waals surface area contributed by atoms with Crippen molar-refractivity contribution in [1.82, 2.24) is 9.80 Å². The van der Waals surface area contributed by atoms with Crippen LogP contribution in [0.3, 0.4) is 0 Å². The van der Waals surface area contributed by atoms with Gasteiger partial charge in [-0.1, -0.05) is 13.8 Å². The summed E-state index contributed by atoms with van der Waals surface area (Å²) in [7, 11) is 0. The molecule has 0 aromatic heterocycles. The molecule has 0 aromatic rings. The van der Waals surface area contributed by atoms with E-state index >= 15 is 0 Å². The molecule has 2 heterocycles. The molecule has 2 fully saturated rings. The highest BCUT2D eigenvalue weighted by Crippen LogP contribution is 2.22. The van der Waals surface area contributed by atoms with Crippen LogP contribution in [0.25, 0.3) is 0 Å². The first-order valence-corrected chi connectivity index (χ1v) is 7.17. The second-order valence-corrected chi connectivity index (χ2v) is 5.79. The summed E-state index contributed by atoms with van der Waals surface area (Å²) in [4.78, 5) is 28.0. The van der Waals surface area contributed by atoms with Crippen molar-refractivity contribution in [2.45, 2.75) is 39.5 Å². The van der Waals surface area contributed by atoms with Crippen LogP contribution in [0, 0.1) is 11.8 Å². The van der Waals surface area contributed by atoms with Crippen LogP contribution in [-0.2, 0) is 9.59 Å². The predicted octanol–water partition coefficient (Wildman–Crippen LogP) is 1.50. The SMILES string of the molecule is CC(C)C(=O)N1CCC(C(=O)N2CCCC2)CC1. The summed E-state index contributed by atoms with van der Waals surface area (Å²) in [6.07, 6.45) is 3.98. The number of carbonyl (C=O) groups excluding carboxylic acids is 2. The number of amides is 2. The fraction of sp³-hybridized carbons (Fsp3) is 0.857. The largest absolute Gasteiger partial charge is 0.342 e. The summed E-state index contributed by atoms with van der Waals surface area (Å²) in [5.41, 5.74) is 0. The van der Waals surface area contributed by atoms with E-state index < -0.39 is 0 Å². The van der Waals surface area contributed by atoms with Crippen molar-refractivity contribution < 1.29 is 9.59 Å². The Balaban J connectivity index is 1.82. The molecule has 18 heavy (non-hydrogen) atoms. The van der Waals surface area contributed by atoms with E-state index in [1.165, 1.54) is 0 Å². The van der Waals surface area contributed by atoms with Gasteiger partial charge in [0.15, 0.2) is 0 Å². The molecule has 0 atom stereocenters. The zero-order valence-corrected chi connectivity index (χ0v) is 11.5. The van der Waals surface area contributed by atoms with Gasteiger partial charge in [-0.2, -0.15) is 0 Å². The molecule has 2 aliphatic heterocycles. The smallest absolute Gasteiger partial charge is 0.225 e. The molecule has 2 saturated heterocycles. The topological polar surface area (TPSA) is 40.6 Å². The number of piperidine rings is 1. The monoisotopic (exact) mass is 252 g/mol. The van der Waals surface area contributed by atoms with Gasteiger partial charge in [-0.3, -0.25) is 9.59 Å². The third-order valence-electron chi connectivity index (χ3n) is 4.07. The minimum absolute atomic E-state index is 0.0656. The van der Waals surface area contributed by atoms with Crippen LogP contribution in [-0.4, -0.2) is 47.8 Å². The molecule has 2 aliphatic rings. The highest BCUT2D eigenvalue weighted by molar-refractivity contribution is 5.81. The quantitative estimate of drug-likeness (QED) is 0.747. The Morgan fingerprint density at radius 1 is 0.944 bits per heavy atom. The highest BCUT2D eigenvalue weighted by atomic mass is 16.2. The van der Waals surface area contributed by atoms with Crippen LogP contribution in [0.2, 0.25) is 0 Å². The lowest BCUT2D eigenvalue weighted by atomic mass is 9.94. The van der Waals surface area contributed by atoms with Gasteiger partial charge in [-0.25, -0.2) is 0 Å². The number of likely N-dealkylation sites (tertiary alicyclic amines) is 2. The predicted molar refractivity (Wildman–Crippen MR) is 70.0 cm³/mol. The second kappa shape index (κ2) is 5.72. The standard InChI is InChI=1S/C14H24N2O2/c1-11(2)13(17)16-9-5-12(6-10-16)14(18)15-7-3-4-8-15/h11-12H,3-10H2,1-2H3. The molecular weight excluding hydrogens is 228 g/mol. The van der Waals surface area contributed by atoms with Crippen molar-refractivity contribution in [2.24, 2.45) is 11.8 Å². The third kappa shape index (κ3) is 2.85. The molecule has 0 unspecified atom stereocenters. The van der Waals surface area contributed by atoms with Crippen LogP contribution < -0.4 is 0 Å². The van der Waals surface area contributed by atoms with Crippen molar-refractivity contribution >= 4 is 11.8 Å². The van der Waals surface area contributed by atoms with Gasteiger partial charge >= 0.3 is 0 Å². The summed E-state index contributed by atoms with van der Waals surface area (Å²) in [5, 5.41) is 0. The van der Waals surface area contributed by atoms with Gasteiger partial charge in [0.05, 0.1) is 0 Å². The molecule has 102 valence electrons. The van der Waals surface area contributed by atoms with E-state index in [-0.39, 0.29) is 17.7 Å². The number of carbonyl (C=O) groups is 2. The number of nitrogens with zero attached hydrogens (tertiary/aromatic N) is 2. The second-order valence-electron chi connectivity index (χ2n) is 5.79. The van der Waals surface area contributed by atoms with E-state index in [0.29, 0.717) is 5.91 Å². The zero-order valence-electron chi connectivity index (χ0n) is 11.5. The fourth-order valence-corrected chi connectivity index (χ4v) is 2.91. The number of hydrogen-bond acceptors (Lipinski definition) is 2. The van der Waals surface area contributed by atoms with Crippen molar-refractivity contribution in [2.75, 3.05) is 26.2 Å². The van der Waals surface area contributed by atoms with Gasteiger partial charge in [0.2, 0.25) is 11.8 Å². The highest BCUT2D eigenvalue weighted by Gasteiger charge is 2.31. The summed E-state index contributed by atoms with van der Waals surface area (Å²) in [6, 6.07) is 0. The van der Waals surface area contributed by atoms with Gasteiger partial charge < -0.3 is 9.80 Å². The van der Waals surface area contributed by atoms with Crippen LogP contribution in [0.5, 0.6) is 0 Å². The summed E-state index contributed by atoms with van der Waals surface area (Å²) < 4.78 is 0. The van der Waals surface area contributed by atoms with Crippen LogP contribution in [0.1, 0.15) is 39.5 Å². The average Bonchev–Trinajstić information content (AvgIpc) is 2.91. The molecule has 4 nitrogen and oxygen atoms in total. The van der Waals surface area contributed by atoms with Gasteiger partial charge in [-0.15, -0.1) is 0 Å². The first-order valence-electron chi connectivity index (χ1n) is 7.17. The molecule has 0 radical (unpaired) electrons. The molecule has 0 saturated carbocycles. The average molecular weight is 252 g/mol. The van der Waals surface area contributed by atoms with E-state index in [9.17, 15) is 9.59 Å². The Hall–Kier alpha value is -1.06. The molecule has 0 bridgehead atoms. The Morgan fingerprint density at radius 2 is 1.50 bits per heavy atom. The van der Waals surface area contributed by atoms with Gasteiger partial charge in [0, 0.05) is 38.0 Å². The van der Waals surface area contributed by atoms with E-state index in [4.69, 9.17) is 0 Å². The molecular formula is C14H24N2O2.